The van der Waals surface area contributed by atoms with Crippen LogP contribution in [-0.2, 0) is 4.79 Å². The van der Waals surface area contributed by atoms with Gasteiger partial charge in [0.2, 0.25) is 5.91 Å². The van der Waals surface area contributed by atoms with Gasteiger partial charge in [-0.05, 0) is 32.0 Å². The number of pyridine rings is 1. The standard InChI is InChI=1S/C14H19N5O/c1-3-6-15-10-13(20)18-12-5-4-7-17-14(12)19-9-8-16-11(19)2/h4-5,7-9,15H,3,6,10H2,1-2H3,(H,18,20). The Balaban J connectivity index is 2.13. The minimum atomic E-state index is -0.0783. The number of amides is 1. The maximum absolute atomic E-state index is 11.9. The third-order valence-corrected chi connectivity index (χ3v) is 2.83. The first-order valence-electron chi connectivity index (χ1n) is 6.68. The SMILES string of the molecule is CCCNCC(=O)Nc1cccnc1-n1ccnc1C. The molecular formula is C14H19N5O. The van der Waals surface area contributed by atoms with E-state index in [-0.39, 0.29) is 5.91 Å². The number of carbonyl (C=O) groups excluding carboxylic acids is 1. The van der Waals surface area contributed by atoms with Crippen molar-refractivity contribution < 1.29 is 4.79 Å². The maximum atomic E-state index is 11.9. The summed E-state index contributed by atoms with van der Waals surface area (Å²) in [6, 6.07) is 3.63. The van der Waals surface area contributed by atoms with E-state index in [2.05, 4.69) is 27.5 Å². The van der Waals surface area contributed by atoms with Crippen molar-refractivity contribution in [3.63, 3.8) is 0 Å². The zero-order valence-corrected chi connectivity index (χ0v) is 11.8. The Morgan fingerprint density at radius 2 is 2.20 bits per heavy atom. The van der Waals surface area contributed by atoms with Crippen molar-refractivity contribution in [3.05, 3.63) is 36.5 Å². The van der Waals surface area contributed by atoms with E-state index in [9.17, 15) is 4.79 Å². The van der Waals surface area contributed by atoms with Gasteiger partial charge in [-0.3, -0.25) is 9.36 Å². The first-order chi connectivity index (χ1) is 9.72. The second kappa shape index (κ2) is 6.81. The summed E-state index contributed by atoms with van der Waals surface area (Å²) in [5.41, 5.74) is 0.678. The van der Waals surface area contributed by atoms with Gasteiger partial charge in [0.15, 0.2) is 5.82 Å². The molecule has 0 saturated heterocycles. The quantitative estimate of drug-likeness (QED) is 0.783. The summed E-state index contributed by atoms with van der Waals surface area (Å²) < 4.78 is 1.84. The highest BCUT2D eigenvalue weighted by Gasteiger charge is 2.10. The van der Waals surface area contributed by atoms with Crippen LogP contribution in [0.4, 0.5) is 5.69 Å². The third kappa shape index (κ3) is 3.42. The van der Waals surface area contributed by atoms with Gasteiger partial charge in [0.05, 0.1) is 12.2 Å². The number of anilines is 1. The highest BCUT2D eigenvalue weighted by molar-refractivity contribution is 5.93. The van der Waals surface area contributed by atoms with Crippen molar-refractivity contribution in [2.45, 2.75) is 20.3 Å². The lowest BCUT2D eigenvalue weighted by molar-refractivity contribution is -0.115. The zero-order chi connectivity index (χ0) is 14.4. The molecule has 2 rings (SSSR count). The van der Waals surface area contributed by atoms with Crippen LogP contribution in [0.25, 0.3) is 5.82 Å². The normalized spacial score (nSPS) is 10.5. The van der Waals surface area contributed by atoms with Gasteiger partial charge >= 0.3 is 0 Å². The Hall–Kier alpha value is -2.21. The van der Waals surface area contributed by atoms with E-state index in [4.69, 9.17) is 0 Å². The molecule has 2 aromatic rings. The number of aromatic nitrogens is 3. The molecule has 2 aromatic heterocycles. The van der Waals surface area contributed by atoms with Crippen LogP contribution in [0.15, 0.2) is 30.7 Å². The van der Waals surface area contributed by atoms with Gasteiger partial charge in [0.1, 0.15) is 5.82 Å². The van der Waals surface area contributed by atoms with Gasteiger partial charge < -0.3 is 10.6 Å². The fraction of sp³-hybridized carbons (Fsp3) is 0.357. The van der Waals surface area contributed by atoms with E-state index >= 15 is 0 Å². The topological polar surface area (TPSA) is 71.8 Å². The molecule has 106 valence electrons. The maximum Gasteiger partial charge on any atom is 0.238 e. The number of hydrogen-bond acceptors (Lipinski definition) is 4. The monoisotopic (exact) mass is 273 g/mol. The van der Waals surface area contributed by atoms with Crippen molar-refractivity contribution in [1.29, 1.82) is 0 Å². The number of hydrogen-bond donors (Lipinski definition) is 2. The van der Waals surface area contributed by atoms with Crippen molar-refractivity contribution in [2.75, 3.05) is 18.4 Å². The lowest BCUT2D eigenvalue weighted by Gasteiger charge is -2.11. The average molecular weight is 273 g/mol. The zero-order valence-electron chi connectivity index (χ0n) is 11.8. The van der Waals surface area contributed by atoms with Crippen molar-refractivity contribution in [3.8, 4) is 5.82 Å². The summed E-state index contributed by atoms with van der Waals surface area (Å²) in [5.74, 6) is 1.42. The first kappa shape index (κ1) is 14.2. The van der Waals surface area contributed by atoms with Crippen molar-refractivity contribution in [1.82, 2.24) is 19.9 Å². The molecule has 2 heterocycles. The summed E-state index contributed by atoms with van der Waals surface area (Å²) in [6.45, 7) is 5.08. The molecule has 0 aliphatic carbocycles. The smallest absolute Gasteiger partial charge is 0.238 e. The molecule has 0 aromatic carbocycles. The van der Waals surface area contributed by atoms with Gasteiger partial charge in [0.25, 0.3) is 0 Å². The Morgan fingerprint density at radius 1 is 1.35 bits per heavy atom. The predicted molar refractivity (Wildman–Crippen MR) is 77.9 cm³/mol. The van der Waals surface area contributed by atoms with E-state index in [0.29, 0.717) is 18.1 Å². The molecule has 0 atom stereocenters. The molecule has 0 radical (unpaired) electrons. The second-order valence-corrected chi connectivity index (χ2v) is 4.44. The summed E-state index contributed by atoms with van der Waals surface area (Å²) in [4.78, 5) is 20.4. The minimum absolute atomic E-state index is 0.0783. The molecule has 0 spiro atoms. The van der Waals surface area contributed by atoms with E-state index in [0.717, 1.165) is 18.8 Å². The fourth-order valence-electron chi connectivity index (χ4n) is 1.86. The van der Waals surface area contributed by atoms with Crippen LogP contribution >= 0.6 is 0 Å². The molecular weight excluding hydrogens is 254 g/mol. The Bertz CT molecular complexity index is 578. The van der Waals surface area contributed by atoms with Gasteiger partial charge in [-0.1, -0.05) is 6.92 Å². The Labute approximate surface area is 118 Å². The van der Waals surface area contributed by atoms with Crippen LogP contribution in [0, 0.1) is 6.92 Å². The predicted octanol–water partition coefficient (Wildman–Crippen LogP) is 1.51. The molecule has 0 fully saturated rings. The summed E-state index contributed by atoms with van der Waals surface area (Å²) in [7, 11) is 0. The lowest BCUT2D eigenvalue weighted by atomic mass is 10.3. The van der Waals surface area contributed by atoms with Crippen LogP contribution < -0.4 is 10.6 Å². The van der Waals surface area contributed by atoms with E-state index in [1.807, 2.05) is 23.8 Å². The van der Waals surface area contributed by atoms with Crippen LogP contribution in [0.1, 0.15) is 19.2 Å². The molecule has 0 bridgehead atoms. The van der Waals surface area contributed by atoms with E-state index in [1.54, 1.807) is 18.5 Å². The highest BCUT2D eigenvalue weighted by atomic mass is 16.1. The van der Waals surface area contributed by atoms with E-state index < -0.39 is 0 Å². The van der Waals surface area contributed by atoms with Crippen LogP contribution in [-0.4, -0.2) is 33.5 Å². The summed E-state index contributed by atoms with van der Waals surface area (Å²) in [5, 5.41) is 5.94. The Kier molecular flexibility index (Phi) is 4.84. The first-order valence-corrected chi connectivity index (χ1v) is 6.68. The van der Waals surface area contributed by atoms with Gasteiger partial charge in [-0.2, -0.15) is 0 Å². The van der Waals surface area contributed by atoms with Gasteiger partial charge in [-0.25, -0.2) is 9.97 Å². The second-order valence-electron chi connectivity index (χ2n) is 4.44. The average Bonchev–Trinajstić information content (AvgIpc) is 2.86. The van der Waals surface area contributed by atoms with Crippen LogP contribution in [0.5, 0.6) is 0 Å². The number of nitrogens with one attached hydrogen (secondary N) is 2. The van der Waals surface area contributed by atoms with Gasteiger partial charge in [-0.15, -0.1) is 0 Å². The molecule has 6 heteroatoms. The number of carbonyl (C=O) groups is 1. The van der Waals surface area contributed by atoms with E-state index in [1.165, 1.54) is 0 Å². The highest BCUT2D eigenvalue weighted by Crippen LogP contribution is 2.18. The molecule has 1 amide bonds. The lowest BCUT2D eigenvalue weighted by Crippen LogP contribution is -2.29. The molecule has 2 N–H and O–H groups in total. The molecule has 0 aliphatic heterocycles. The molecule has 6 nitrogen and oxygen atoms in total. The summed E-state index contributed by atoms with van der Waals surface area (Å²) >= 11 is 0. The molecule has 0 aliphatic rings. The third-order valence-electron chi connectivity index (χ3n) is 2.83. The number of nitrogens with zero attached hydrogens (tertiary/aromatic N) is 3. The molecule has 0 unspecified atom stereocenters. The number of rotatable bonds is 6. The fourth-order valence-corrected chi connectivity index (χ4v) is 1.86. The van der Waals surface area contributed by atoms with Crippen LogP contribution in [0.3, 0.4) is 0 Å². The number of imidazole rings is 1. The van der Waals surface area contributed by atoms with Crippen molar-refractivity contribution in [2.24, 2.45) is 0 Å². The largest absolute Gasteiger partial charge is 0.322 e. The molecule has 0 saturated carbocycles. The Morgan fingerprint density at radius 3 is 2.90 bits per heavy atom. The number of aryl methyl sites for hydroxylation is 1. The molecule has 20 heavy (non-hydrogen) atoms. The van der Waals surface area contributed by atoms with Gasteiger partial charge in [0, 0.05) is 18.6 Å². The summed E-state index contributed by atoms with van der Waals surface area (Å²) in [6.07, 6.45) is 6.22. The minimum Gasteiger partial charge on any atom is -0.322 e. The van der Waals surface area contributed by atoms with Crippen LogP contribution in [0.2, 0.25) is 0 Å². The van der Waals surface area contributed by atoms with Crippen molar-refractivity contribution >= 4 is 11.6 Å².